The van der Waals surface area contributed by atoms with Crippen molar-refractivity contribution in [2.45, 2.75) is 39.4 Å². The minimum Gasteiger partial charge on any atom is -0.467 e. The van der Waals surface area contributed by atoms with E-state index in [1.807, 2.05) is 44.2 Å². The second-order valence-electron chi connectivity index (χ2n) is 7.99. The van der Waals surface area contributed by atoms with Crippen LogP contribution < -0.4 is 10.2 Å². The third kappa shape index (κ3) is 6.44. The molecule has 0 saturated carbocycles. The Morgan fingerprint density at radius 2 is 1.75 bits per heavy atom. The van der Waals surface area contributed by atoms with Crippen molar-refractivity contribution in [2.24, 2.45) is 0 Å². The predicted molar refractivity (Wildman–Crippen MR) is 122 cm³/mol. The van der Waals surface area contributed by atoms with Gasteiger partial charge >= 0.3 is 6.03 Å². The predicted octanol–water partition coefficient (Wildman–Crippen LogP) is 4.74. The molecule has 3 rings (SSSR count). The van der Waals surface area contributed by atoms with E-state index >= 15 is 0 Å². The van der Waals surface area contributed by atoms with Crippen LogP contribution in [0.5, 0.6) is 0 Å². The Morgan fingerprint density at radius 3 is 2.41 bits per heavy atom. The fourth-order valence-electron chi connectivity index (χ4n) is 3.25. The molecule has 0 fully saturated rings. The van der Waals surface area contributed by atoms with Crippen LogP contribution in [0, 0.1) is 5.82 Å². The van der Waals surface area contributed by atoms with Crippen LogP contribution in [-0.2, 0) is 24.3 Å². The number of nitrogens with one attached hydrogen (secondary N) is 1. The van der Waals surface area contributed by atoms with Gasteiger partial charge in [0.25, 0.3) is 0 Å². The zero-order valence-electron chi connectivity index (χ0n) is 18.5. The van der Waals surface area contributed by atoms with Crippen molar-refractivity contribution < 1.29 is 18.4 Å². The van der Waals surface area contributed by atoms with Crippen molar-refractivity contribution in [1.29, 1.82) is 0 Å². The molecule has 32 heavy (non-hydrogen) atoms. The van der Waals surface area contributed by atoms with E-state index in [2.05, 4.69) is 5.32 Å². The molecule has 0 radical (unpaired) electrons. The van der Waals surface area contributed by atoms with Gasteiger partial charge in [0.05, 0.1) is 25.8 Å². The summed E-state index contributed by atoms with van der Waals surface area (Å²) in [5, 5.41) is 2.90. The van der Waals surface area contributed by atoms with E-state index in [0.717, 1.165) is 11.1 Å². The van der Waals surface area contributed by atoms with Crippen molar-refractivity contribution in [3.63, 3.8) is 0 Å². The highest BCUT2D eigenvalue weighted by Crippen LogP contribution is 2.21. The van der Waals surface area contributed by atoms with Gasteiger partial charge in [0.15, 0.2) is 0 Å². The summed E-state index contributed by atoms with van der Waals surface area (Å²) in [5.41, 5.74) is 2.25. The zero-order chi connectivity index (χ0) is 23.1. The normalized spacial score (nSPS) is 10.8. The molecular weight excluding hydrogens is 409 g/mol. The lowest BCUT2D eigenvalue weighted by Gasteiger charge is -2.25. The van der Waals surface area contributed by atoms with Gasteiger partial charge in [-0.1, -0.05) is 24.3 Å². The number of halogens is 1. The van der Waals surface area contributed by atoms with Crippen molar-refractivity contribution in [2.75, 3.05) is 11.9 Å². The Balaban J connectivity index is 1.77. The molecule has 0 bridgehead atoms. The number of furan rings is 1. The minimum absolute atomic E-state index is 0.0433. The van der Waals surface area contributed by atoms with Crippen molar-refractivity contribution in [3.8, 4) is 0 Å². The maximum atomic E-state index is 13.3. The molecule has 0 aliphatic rings. The number of hydrogen-bond acceptors (Lipinski definition) is 3. The van der Waals surface area contributed by atoms with Gasteiger partial charge in [0.1, 0.15) is 11.6 Å². The lowest BCUT2D eigenvalue weighted by atomic mass is 10.1. The van der Waals surface area contributed by atoms with Crippen LogP contribution >= 0.6 is 0 Å². The number of rotatable bonds is 8. The van der Waals surface area contributed by atoms with Crippen LogP contribution in [0.15, 0.2) is 71.3 Å². The first kappa shape index (κ1) is 23.1. The van der Waals surface area contributed by atoms with Crippen LogP contribution in [0.2, 0.25) is 0 Å². The lowest BCUT2D eigenvalue weighted by molar-refractivity contribution is -0.129. The molecular formula is C25H28FN3O3. The number of urea groups is 1. The maximum absolute atomic E-state index is 13.3. The number of carbonyl (C=O) groups excluding carboxylic acids is 2. The summed E-state index contributed by atoms with van der Waals surface area (Å²) < 4.78 is 18.6. The van der Waals surface area contributed by atoms with Gasteiger partial charge in [-0.25, -0.2) is 9.18 Å². The van der Waals surface area contributed by atoms with E-state index in [1.165, 1.54) is 12.1 Å². The third-order valence-corrected chi connectivity index (χ3v) is 4.89. The summed E-state index contributed by atoms with van der Waals surface area (Å²) in [5.74, 6) is 0.326. The maximum Gasteiger partial charge on any atom is 0.322 e. The van der Waals surface area contributed by atoms with Gasteiger partial charge < -0.3 is 14.6 Å². The number of anilines is 1. The Hall–Kier alpha value is -3.61. The molecule has 7 heteroatoms. The van der Waals surface area contributed by atoms with Crippen LogP contribution in [0.4, 0.5) is 14.9 Å². The van der Waals surface area contributed by atoms with Gasteiger partial charge in [0, 0.05) is 18.8 Å². The Kier molecular flexibility index (Phi) is 7.65. The first-order chi connectivity index (χ1) is 15.3. The van der Waals surface area contributed by atoms with E-state index in [-0.39, 0.29) is 36.8 Å². The number of hydrogen-bond donors (Lipinski definition) is 1. The smallest absolute Gasteiger partial charge is 0.322 e. The molecule has 168 valence electrons. The first-order valence-electron chi connectivity index (χ1n) is 10.5. The van der Waals surface area contributed by atoms with Crippen LogP contribution in [0.1, 0.15) is 30.7 Å². The molecule has 1 N–H and O–H groups in total. The largest absolute Gasteiger partial charge is 0.467 e. The third-order valence-electron chi connectivity index (χ3n) is 4.89. The van der Waals surface area contributed by atoms with E-state index in [0.29, 0.717) is 18.0 Å². The quantitative estimate of drug-likeness (QED) is 0.553. The summed E-state index contributed by atoms with van der Waals surface area (Å²) >= 11 is 0. The number of benzene rings is 2. The van der Waals surface area contributed by atoms with Crippen LogP contribution in [-0.4, -0.2) is 29.9 Å². The molecule has 1 aromatic heterocycles. The van der Waals surface area contributed by atoms with Gasteiger partial charge in [-0.3, -0.25) is 9.69 Å². The number of nitrogens with zero attached hydrogens (tertiary/aromatic N) is 2. The van der Waals surface area contributed by atoms with E-state index in [9.17, 15) is 14.0 Å². The molecule has 6 nitrogen and oxygen atoms in total. The average molecular weight is 438 g/mol. The van der Waals surface area contributed by atoms with Crippen molar-refractivity contribution >= 4 is 17.6 Å². The highest BCUT2D eigenvalue weighted by Gasteiger charge is 2.19. The van der Waals surface area contributed by atoms with E-state index < -0.39 is 0 Å². The summed E-state index contributed by atoms with van der Waals surface area (Å²) in [4.78, 5) is 28.8. The molecule has 0 saturated heterocycles. The molecule has 0 unspecified atom stereocenters. The second kappa shape index (κ2) is 10.6. The molecule has 3 amide bonds. The summed E-state index contributed by atoms with van der Waals surface area (Å²) in [6.45, 7) is 4.43. The molecule has 0 aliphatic heterocycles. The summed E-state index contributed by atoms with van der Waals surface area (Å²) in [6, 6.07) is 16.7. The summed E-state index contributed by atoms with van der Waals surface area (Å²) in [7, 11) is 1.73. The van der Waals surface area contributed by atoms with Gasteiger partial charge in [-0.2, -0.15) is 0 Å². The van der Waals surface area contributed by atoms with Crippen LogP contribution in [0.3, 0.4) is 0 Å². The molecule has 3 aromatic rings. The molecule has 0 aliphatic carbocycles. The fraction of sp³-hybridized carbons (Fsp3) is 0.280. The fourth-order valence-corrected chi connectivity index (χ4v) is 3.25. The average Bonchev–Trinajstić information content (AvgIpc) is 3.26. The van der Waals surface area contributed by atoms with E-state index in [1.54, 1.807) is 41.3 Å². The Morgan fingerprint density at radius 1 is 1.00 bits per heavy atom. The SMILES string of the molecule is CC(C)NC(=O)N(Cc1ccc(F)cc1)c1cccc(CC(=O)N(C)Cc2ccco2)c1. The highest BCUT2D eigenvalue weighted by molar-refractivity contribution is 5.92. The topological polar surface area (TPSA) is 65.8 Å². The second-order valence-corrected chi connectivity index (χ2v) is 7.99. The molecule has 0 atom stereocenters. The van der Waals surface area contributed by atoms with E-state index in [4.69, 9.17) is 4.42 Å². The number of amides is 3. The molecule has 1 heterocycles. The van der Waals surface area contributed by atoms with Gasteiger partial charge in [-0.05, 0) is 61.4 Å². The van der Waals surface area contributed by atoms with Crippen molar-refractivity contribution in [1.82, 2.24) is 10.2 Å². The highest BCUT2D eigenvalue weighted by atomic mass is 19.1. The monoisotopic (exact) mass is 437 g/mol. The minimum atomic E-state index is -0.328. The standard InChI is InChI=1S/C25H28FN3O3/c1-18(2)27-25(31)29(16-19-9-11-21(26)12-10-19)22-7-4-6-20(14-22)15-24(30)28(3)17-23-8-5-13-32-23/h4-14,18H,15-17H2,1-3H3,(H,27,31). The number of carbonyl (C=O) groups is 2. The van der Waals surface area contributed by atoms with Crippen molar-refractivity contribution in [3.05, 3.63) is 89.6 Å². The Bertz CT molecular complexity index is 1030. The van der Waals surface area contributed by atoms with Gasteiger partial charge in [0.2, 0.25) is 5.91 Å². The van der Waals surface area contributed by atoms with Crippen LogP contribution in [0.25, 0.3) is 0 Å². The Labute approximate surface area is 187 Å². The van der Waals surface area contributed by atoms with Gasteiger partial charge in [-0.15, -0.1) is 0 Å². The molecule has 2 aromatic carbocycles. The number of likely N-dealkylation sites (N-methyl/N-ethyl adjacent to an activating group) is 1. The lowest BCUT2D eigenvalue weighted by Crippen LogP contribution is -2.42. The molecule has 0 spiro atoms. The zero-order valence-corrected chi connectivity index (χ0v) is 18.5. The first-order valence-corrected chi connectivity index (χ1v) is 10.5. The summed E-state index contributed by atoms with van der Waals surface area (Å²) in [6.07, 6.45) is 1.77.